The van der Waals surface area contributed by atoms with Gasteiger partial charge in [-0.2, -0.15) is 0 Å². The quantitative estimate of drug-likeness (QED) is 0.723. The van der Waals surface area contributed by atoms with Gasteiger partial charge in [0.25, 0.3) is 0 Å². The van der Waals surface area contributed by atoms with Crippen molar-refractivity contribution in [1.29, 1.82) is 0 Å². The summed E-state index contributed by atoms with van der Waals surface area (Å²) in [7, 11) is 0. The molecule has 4 heteroatoms. The molecule has 1 aliphatic rings. The molecule has 1 saturated carbocycles. The van der Waals surface area contributed by atoms with Gasteiger partial charge in [0.2, 0.25) is 0 Å². The second-order valence-electron chi connectivity index (χ2n) is 6.68. The maximum absolute atomic E-state index is 13.8. The minimum Gasteiger partial charge on any atom is -0.330 e. The van der Waals surface area contributed by atoms with Crippen LogP contribution in [0.4, 0.5) is 4.39 Å². The lowest BCUT2D eigenvalue weighted by atomic mass is 9.77. The van der Waals surface area contributed by atoms with E-state index in [2.05, 4.69) is 23.4 Å². The summed E-state index contributed by atoms with van der Waals surface area (Å²) in [5.74, 6) is 1.12. The fraction of sp³-hybridized carbons (Fsp3) is 0.588. The summed E-state index contributed by atoms with van der Waals surface area (Å²) in [6, 6.07) is 3.94. The van der Waals surface area contributed by atoms with E-state index in [1.165, 1.54) is 25.7 Å². The number of halogens is 1. The Morgan fingerprint density at radius 2 is 2.00 bits per heavy atom. The van der Waals surface area contributed by atoms with Gasteiger partial charge in [0, 0.05) is 6.04 Å². The Balaban J connectivity index is 2.16. The molecule has 2 aromatic rings. The van der Waals surface area contributed by atoms with Gasteiger partial charge in [-0.3, -0.25) is 0 Å². The van der Waals surface area contributed by atoms with Crippen LogP contribution in [-0.2, 0) is 0 Å². The minimum atomic E-state index is -0.171. The fourth-order valence-corrected chi connectivity index (χ4v) is 4.16. The highest BCUT2D eigenvalue weighted by Gasteiger charge is 2.30. The van der Waals surface area contributed by atoms with E-state index in [1.54, 1.807) is 6.07 Å². The molecule has 1 aromatic heterocycles. The molecule has 1 fully saturated rings. The molecule has 2 atom stereocenters. The highest BCUT2D eigenvalue weighted by molar-refractivity contribution is 7.71. The number of aromatic nitrogens is 2. The van der Waals surface area contributed by atoms with Crippen LogP contribution in [0.3, 0.4) is 0 Å². The predicted molar refractivity (Wildman–Crippen MR) is 87.7 cm³/mol. The molecule has 0 amide bonds. The Labute approximate surface area is 130 Å². The van der Waals surface area contributed by atoms with E-state index in [0.29, 0.717) is 23.4 Å². The number of hydrogen-bond donors (Lipinski definition) is 1. The fourth-order valence-electron chi connectivity index (χ4n) is 3.82. The maximum Gasteiger partial charge on any atom is 0.178 e. The van der Waals surface area contributed by atoms with Crippen molar-refractivity contribution >= 4 is 23.3 Å². The van der Waals surface area contributed by atoms with Crippen LogP contribution < -0.4 is 0 Å². The number of aryl methyl sites for hydroxylation is 1. The molecule has 21 heavy (non-hydrogen) atoms. The largest absolute Gasteiger partial charge is 0.330 e. The predicted octanol–water partition coefficient (Wildman–Crippen LogP) is 5.53. The van der Waals surface area contributed by atoms with Crippen LogP contribution in [0.25, 0.3) is 11.0 Å². The normalized spacial score (nSPS) is 23.1. The molecule has 0 aliphatic heterocycles. The van der Waals surface area contributed by atoms with Crippen molar-refractivity contribution in [1.82, 2.24) is 9.55 Å². The van der Waals surface area contributed by atoms with Crippen molar-refractivity contribution in [2.24, 2.45) is 11.8 Å². The average molecular weight is 306 g/mol. The number of H-pyrrole nitrogens is 1. The van der Waals surface area contributed by atoms with E-state index in [1.807, 2.05) is 13.0 Å². The number of imidazole rings is 1. The molecule has 0 radical (unpaired) electrons. The maximum atomic E-state index is 13.8. The number of benzene rings is 1. The first-order chi connectivity index (χ1) is 9.99. The molecular weight excluding hydrogens is 283 g/mol. The van der Waals surface area contributed by atoms with Crippen molar-refractivity contribution in [3.8, 4) is 0 Å². The summed E-state index contributed by atoms with van der Waals surface area (Å²) >= 11 is 5.54. The third-order valence-corrected chi connectivity index (χ3v) is 5.27. The lowest BCUT2D eigenvalue weighted by molar-refractivity contribution is 0.186. The van der Waals surface area contributed by atoms with Crippen molar-refractivity contribution < 1.29 is 4.39 Å². The molecule has 0 bridgehead atoms. The van der Waals surface area contributed by atoms with E-state index in [4.69, 9.17) is 12.2 Å². The second kappa shape index (κ2) is 5.56. The summed E-state index contributed by atoms with van der Waals surface area (Å²) < 4.78 is 16.8. The monoisotopic (exact) mass is 306 g/mol. The molecule has 0 spiro atoms. The van der Waals surface area contributed by atoms with E-state index in [9.17, 15) is 4.39 Å². The first kappa shape index (κ1) is 14.8. The van der Waals surface area contributed by atoms with Gasteiger partial charge in [-0.1, -0.05) is 26.7 Å². The Hall–Kier alpha value is -1.16. The Morgan fingerprint density at radius 1 is 1.29 bits per heavy atom. The number of rotatable bonds is 2. The molecule has 114 valence electrons. The van der Waals surface area contributed by atoms with Crippen LogP contribution in [0.5, 0.6) is 0 Å². The first-order valence-electron chi connectivity index (χ1n) is 7.89. The van der Waals surface area contributed by atoms with Crippen molar-refractivity contribution in [2.45, 2.75) is 52.5 Å². The van der Waals surface area contributed by atoms with Crippen molar-refractivity contribution in [3.05, 3.63) is 28.3 Å². The zero-order chi connectivity index (χ0) is 15.1. The standard InChI is InChI=1S/C17H23FN2S/c1-10(2)12-6-4-5-7-15(12)20-16-8-11(3)13(18)9-14(16)19-17(20)21/h8-10,12,15H,4-7H2,1-3H3,(H,19,21). The van der Waals surface area contributed by atoms with Crippen LogP contribution in [0.2, 0.25) is 0 Å². The van der Waals surface area contributed by atoms with Gasteiger partial charge in [-0.25, -0.2) is 4.39 Å². The highest BCUT2D eigenvalue weighted by atomic mass is 32.1. The van der Waals surface area contributed by atoms with Crippen LogP contribution in [0.15, 0.2) is 12.1 Å². The van der Waals surface area contributed by atoms with Crippen LogP contribution in [0.1, 0.15) is 51.1 Å². The Morgan fingerprint density at radius 3 is 2.71 bits per heavy atom. The first-order valence-corrected chi connectivity index (χ1v) is 8.30. The molecule has 1 heterocycles. The lowest BCUT2D eigenvalue weighted by Crippen LogP contribution is -2.27. The number of nitrogens with one attached hydrogen (secondary N) is 1. The molecule has 3 rings (SSSR count). The molecule has 1 aliphatic carbocycles. The van der Waals surface area contributed by atoms with Gasteiger partial charge in [0.05, 0.1) is 11.0 Å². The molecule has 1 N–H and O–H groups in total. The molecule has 0 saturated heterocycles. The topological polar surface area (TPSA) is 20.7 Å². The lowest BCUT2D eigenvalue weighted by Gasteiger charge is -2.35. The van der Waals surface area contributed by atoms with Gasteiger partial charge >= 0.3 is 0 Å². The highest BCUT2D eigenvalue weighted by Crippen LogP contribution is 2.40. The third kappa shape index (κ3) is 2.54. The average Bonchev–Trinajstić information content (AvgIpc) is 2.74. The number of fused-ring (bicyclic) bond motifs is 1. The summed E-state index contributed by atoms with van der Waals surface area (Å²) in [5.41, 5.74) is 2.55. The van der Waals surface area contributed by atoms with Gasteiger partial charge in [0.1, 0.15) is 5.82 Å². The van der Waals surface area contributed by atoms with Gasteiger partial charge in [-0.05, 0) is 61.5 Å². The van der Waals surface area contributed by atoms with Gasteiger partial charge in [-0.15, -0.1) is 0 Å². The van der Waals surface area contributed by atoms with Gasteiger partial charge < -0.3 is 9.55 Å². The minimum absolute atomic E-state index is 0.171. The SMILES string of the molecule is Cc1cc2c(cc1F)[nH]c(=S)n2C1CCCCC1C(C)C. The Bertz CT molecular complexity index is 713. The summed E-state index contributed by atoms with van der Waals surface area (Å²) in [4.78, 5) is 3.19. The smallest absolute Gasteiger partial charge is 0.178 e. The van der Waals surface area contributed by atoms with Crippen molar-refractivity contribution in [2.75, 3.05) is 0 Å². The number of aromatic amines is 1. The van der Waals surface area contributed by atoms with Crippen molar-refractivity contribution in [3.63, 3.8) is 0 Å². The second-order valence-corrected chi connectivity index (χ2v) is 7.07. The van der Waals surface area contributed by atoms with E-state index in [0.717, 1.165) is 15.8 Å². The molecular formula is C17H23FN2S. The van der Waals surface area contributed by atoms with E-state index >= 15 is 0 Å². The molecule has 1 aromatic carbocycles. The van der Waals surface area contributed by atoms with Gasteiger partial charge in [0.15, 0.2) is 4.77 Å². The van der Waals surface area contributed by atoms with Crippen LogP contribution in [-0.4, -0.2) is 9.55 Å². The summed E-state index contributed by atoms with van der Waals surface area (Å²) in [6.07, 6.45) is 4.99. The van der Waals surface area contributed by atoms with Crippen LogP contribution >= 0.6 is 12.2 Å². The number of hydrogen-bond acceptors (Lipinski definition) is 1. The molecule has 2 nitrogen and oxygen atoms in total. The van der Waals surface area contributed by atoms with Crippen LogP contribution in [0, 0.1) is 29.3 Å². The Kier molecular flexibility index (Phi) is 3.91. The summed E-state index contributed by atoms with van der Waals surface area (Å²) in [5, 5.41) is 0. The third-order valence-electron chi connectivity index (χ3n) is 4.97. The molecule has 2 unspecified atom stereocenters. The number of nitrogens with zero attached hydrogens (tertiary/aromatic N) is 1. The summed E-state index contributed by atoms with van der Waals surface area (Å²) in [6.45, 7) is 6.41. The van der Waals surface area contributed by atoms with E-state index in [-0.39, 0.29) is 5.82 Å². The van der Waals surface area contributed by atoms with E-state index < -0.39 is 0 Å². The zero-order valence-corrected chi connectivity index (χ0v) is 13.8. The zero-order valence-electron chi connectivity index (χ0n) is 12.9.